The quantitative estimate of drug-likeness (QED) is 0.584. The number of alkyl halides is 3. The SMILES string of the molecule is CC(=O)CN(COc1ccc(OC(F)(F)F)c(Br)c1)c1cccc(C(=O)O)c1. The number of ketones is 1. The highest BCUT2D eigenvalue weighted by Gasteiger charge is 2.32. The normalized spacial score (nSPS) is 11.0. The average Bonchev–Trinajstić information content (AvgIpc) is 2.59. The third-order valence-corrected chi connectivity index (χ3v) is 4.01. The summed E-state index contributed by atoms with van der Waals surface area (Å²) in [6, 6.07) is 9.63. The minimum absolute atomic E-state index is 0.0355. The molecule has 0 radical (unpaired) electrons. The number of nitrogens with zero attached hydrogens (tertiary/aromatic N) is 1. The molecule has 0 saturated heterocycles. The fourth-order valence-electron chi connectivity index (χ4n) is 2.25. The average molecular weight is 462 g/mol. The first-order valence-corrected chi connectivity index (χ1v) is 8.60. The van der Waals surface area contributed by atoms with E-state index in [2.05, 4.69) is 20.7 Å². The molecule has 150 valence electrons. The zero-order chi connectivity index (χ0) is 20.9. The zero-order valence-corrected chi connectivity index (χ0v) is 16.1. The second-order valence-corrected chi connectivity index (χ2v) is 6.52. The van der Waals surface area contributed by atoms with Crippen molar-refractivity contribution < 1.29 is 37.3 Å². The van der Waals surface area contributed by atoms with Crippen molar-refractivity contribution >= 4 is 33.4 Å². The predicted octanol–water partition coefficient (Wildman–Crippen LogP) is 4.48. The van der Waals surface area contributed by atoms with Crippen LogP contribution >= 0.6 is 15.9 Å². The molecule has 0 amide bonds. The number of ether oxygens (including phenoxy) is 2. The van der Waals surface area contributed by atoms with Crippen LogP contribution in [0, 0.1) is 0 Å². The largest absolute Gasteiger partial charge is 0.573 e. The standard InChI is InChI=1S/C18H15BrF3NO5/c1-11(24)9-23(13-4-2-3-12(7-13)17(25)26)10-27-14-5-6-16(15(19)8-14)28-18(20,21)22/h2-8H,9-10H2,1H3,(H,25,26). The van der Waals surface area contributed by atoms with Gasteiger partial charge >= 0.3 is 12.3 Å². The molecule has 0 heterocycles. The summed E-state index contributed by atoms with van der Waals surface area (Å²) in [4.78, 5) is 24.2. The van der Waals surface area contributed by atoms with Crippen LogP contribution in [-0.4, -0.2) is 36.5 Å². The van der Waals surface area contributed by atoms with Gasteiger partial charge in [-0.3, -0.25) is 4.79 Å². The summed E-state index contributed by atoms with van der Waals surface area (Å²) < 4.78 is 46.4. The number of carbonyl (C=O) groups is 2. The molecule has 0 spiro atoms. The molecule has 0 aliphatic carbocycles. The maximum absolute atomic E-state index is 12.3. The third-order valence-electron chi connectivity index (χ3n) is 3.39. The van der Waals surface area contributed by atoms with Crippen LogP contribution in [0.5, 0.6) is 11.5 Å². The van der Waals surface area contributed by atoms with Crippen molar-refractivity contribution in [2.24, 2.45) is 0 Å². The number of carboxylic acid groups (broad SMARTS) is 1. The van der Waals surface area contributed by atoms with E-state index < -0.39 is 18.1 Å². The number of Topliss-reactive ketones (excluding diaryl/α,β-unsaturated/α-hetero) is 1. The number of halogens is 4. The van der Waals surface area contributed by atoms with Gasteiger partial charge in [-0.1, -0.05) is 6.07 Å². The lowest BCUT2D eigenvalue weighted by Crippen LogP contribution is -2.32. The summed E-state index contributed by atoms with van der Waals surface area (Å²) in [7, 11) is 0. The Balaban J connectivity index is 2.16. The van der Waals surface area contributed by atoms with Crippen LogP contribution < -0.4 is 14.4 Å². The lowest BCUT2D eigenvalue weighted by atomic mass is 10.2. The first-order chi connectivity index (χ1) is 13.0. The smallest absolute Gasteiger partial charge is 0.478 e. The molecule has 0 aromatic heterocycles. The van der Waals surface area contributed by atoms with Crippen LogP contribution in [0.4, 0.5) is 18.9 Å². The Bertz CT molecular complexity index is 873. The summed E-state index contributed by atoms with van der Waals surface area (Å²) in [6.45, 7) is 1.20. The molecule has 0 unspecified atom stereocenters. The Morgan fingerprint density at radius 1 is 1.18 bits per heavy atom. The van der Waals surface area contributed by atoms with Crippen molar-refractivity contribution in [3.8, 4) is 11.5 Å². The van der Waals surface area contributed by atoms with E-state index in [-0.39, 0.29) is 34.8 Å². The number of carboxylic acids is 1. The molecule has 0 atom stereocenters. The number of anilines is 1. The van der Waals surface area contributed by atoms with Crippen molar-refractivity contribution in [1.82, 2.24) is 0 Å². The molecule has 0 aliphatic rings. The summed E-state index contributed by atoms with van der Waals surface area (Å²) in [5.41, 5.74) is 0.494. The summed E-state index contributed by atoms with van der Waals surface area (Å²) in [5.74, 6) is -1.49. The van der Waals surface area contributed by atoms with E-state index in [9.17, 15) is 22.8 Å². The highest BCUT2D eigenvalue weighted by atomic mass is 79.9. The topological polar surface area (TPSA) is 76.1 Å². The van der Waals surface area contributed by atoms with Crippen LogP contribution in [0.25, 0.3) is 0 Å². The molecule has 0 aliphatic heterocycles. The highest BCUT2D eigenvalue weighted by molar-refractivity contribution is 9.10. The van der Waals surface area contributed by atoms with Gasteiger partial charge in [0.1, 0.15) is 17.3 Å². The second-order valence-electron chi connectivity index (χ2n) is 5.67. The van der Waals surface area contributed by atoms with Gasteiger partial charge in [-0.05, 0) is 59.3 Å². The van der Waals surface area contributed by atoms with E-state index in [1.165, 1.54) is 42.2 Å². The number of benzene rings is 2. The maximum Gasteiger partial charge on any atom is 0.573 e. The third kappa shape index (κ3) is 6.45. The Morgan fingerprint density at radius 2 is 1.89 bits per heavy atom. The second kappa shape index (κ2) is 8.96. The summed E-state index contributed by atoms with van der Waals surface area (Å²) in [6.07, 6.45) is -4.82. The molecular weight excluding hydrogens is 447 g/mol. The zero-order valence-electron chi connectivity index (χ0n) is 14.5. The van der Waals surface area contributed by atoms with Crippen LogP contribution in [0.15, 0.2) is 46.9 Å². The van der Waals surface area contributed by atoms with Gasteiger partial charge in [0.05, 0.1) is 16.6 Å². The molecule has 10 heteroatoms. The Hall–Kier alpha value is -2.75. The van der Waals surface area contributed by atoms with Crippen molar-refractivity contribution in [2.45, 2.75) is 13.3 Å². The molecule has 0 saturated carbocycles. The molecule has 2 aromatic rings. The van der Waals surface area contributed by atoms with E-state index in [1.807, 2.05) is 0 Å². The van der Waals surface area contributed by atoms with Gasteiger partial charge in [0, 0.05) is 5.69 Å². The Morgan fingerprint density at radius 3 is 2.46 bits per heavy atom. The minimum Gasteiger partial charge on any atom is -0.478 e. The van der Waals surface area contributed by atoms with Gasteiger partial charge in [-0.25, -0.2) is 4.79 Å². The lowest BCUT2D eigenvalue weighted by molar-refractivity contribution is -0.274. The van der Waals surface area contributed by atoms with Gasteiger partial charge in [0.25, 0.3) is 0 Å². The maximum atomic E-state index is 12.3. The predicted molar refractivity (Wildman–Crippen MR) is 97.7 cm³/mol. The molecule has 0 fully saturated rings. The van der Waals surface area contributed by atoms with E-state index in [0.29, 0.717) is 5.69 Å². The molecule has 0 bridgehead atoms. The lowest BCUT2D eigenvalue weighted by Gasteiger charge is -2.24. The number of hydrogen-bond acceptors (Lipinski definition) is 5. The number of carbonyl (C=O) groups excluding carboxylic acids is 1. The van der Waals surface area contributed by atoms with Crippen LogP contribution in [0.3, 0.4) is 0 Å². The van der Waals surface area contributed by atoms with Crippen LogP contribution in [0.2, 0.25) is 0 Å². The van der Waals surface area contributed by atoms with Crippen LogP contribution in [0.1, 0.15) is 17.3 Å². The molecule has 2 aromatic carbocycles. The van der Waals surface area contributed by atoms with Crippen LogP contribution in [-0.2, 0) is 4.79 Å². The van der Waals surface area contributed by atoms with Gasteiger partial charge in [-0.15, -0.1) is 13.2 Å². The summed E-state index contributed by atoms with van der Waals surface area (Å²) >= 11 is 2.98. The molecule has 28 heavy (non-hydrogen) atoms. The molecule has 1 N–H and O–H groups in total. The monoisotopic (exact) mass is 461 g/mol. The van der Waals surface area contributed by atoms with Gasteiger partial charge < -0.3 is 19.5 Å². The van der Waals surface area contributed by atoms with E-state index >= 15 is 0 Å². The number of aromatic carboxylic acids is 1. The van der Waals surface area contributed by atoms with Crippen molar-refractivity contribution in [1.29, 1.82) is 0 Å². The van der Waals surface area contributed by atoms with Gasteiger partial charge in [0.15, 0.2) is 6.73 Å². The molecule has 2 rings (SSSR count). The van der Waals surface area contributed by atoms with Gasteiger partial charge in [-0.2, -0.15) is 0 Å². The van der Waals surface area contributed by atoms with Gasteiger partial charge in [0.2, 0.25) is 0 Å². The number of rotatable bonds is 8. The summed E-state index contributed by atoms with van der Waals surface area (Å²) in [5, 5.41) is 9.10. The molecule has 6 nitrogen and oxygen atoms in total. The fraction of sp³-hybridized carbons (Fsp3) is 0.222. The fourth-order valence-corrected chi connectivity index (χ4v) is 2.69. The first-order valence-electron chi connectivity index (χ1n) is 7.81. The van der Waals surface area contributed by atoms with Crippen molar-refractivity contribution in [3.63, 3.8) is 0 Å². The Kier molecular flexibility index (Phi) is 6.90. The van der Waals surface area contributed by atoms with Crippen molar-refractivity contribution in [2.75, 3.05) is 18.2 Å². The Labute approximate surface area is 166 Å². The number of hydrogen-bond donors (Lipinski definition) is 1. The molecular formula is C18H15BrF3NO5. The first kappa shape index (κ1) is 21.5. The van der Waals surface area contributed by atoms with E-state index in [4.69, 9.17) is 9.84 Å². The van der Waals surface area contributed by atoms with E-state index in [0.717, 1.165) is 6.07 Å². The minimum atomic E-state index is -4.82. The van der Waals surface area contributed by atoms with Crippen molar-refractivity contribution in [3.05, 3.63) is 52.5 Å². The highest BCUT2D eigenvalue weighted by Crippen LogP contribution is 2.33. The van der Waals surface area contributed by atoms with E-state index in [1.54, 1.807) is 6.07 Å².